The summed E-state index contributed by atoms with van der Waals surface area (Å²) in [6.07, 6.45) is 4.36. The number of benzene rings is 2. The first kappa shape index (κ1) is 24.7. The number of carbonyl (C=O) groups is 1. The van der Waals surface area contributed by atoms with Crippen molar-refractivity contribution in [1.29, 1.82) is 0 Å². The first-order valence-electron chi connectivity index (χ1n) is 13.0. The number of nitrogens with zero attached hydrogens (tertiary/aromatic N) is 6. The average molecular weight is 499 g/mol. The summed E-state index contributed by atoms with van der Waals surface area (Å²) >= 11 is 0. The number of para-hydroxylation sites is 1. The lowest BCUT2D eigenvalue weighted by Crippen LogP contribution is -2.49. The van der Waals surface area contributed by atoms with E-state index in [1.807, 2.05) is 70.4 Å². The fraction of sp³-hybridized carbons (Fsp3) is 0.379. The van der Waals surface area contributed by atoms with Crippen LogP contribution in [-0.2, 0) is 11.2 Å². The normalized spacial score (nSPS) is 14.7. The van der Waals surface area contributed by atoms with Crippen molar-refractivity contribution in [1.82, 2.24) is 24.6 Å². The van der Waals surface area contributed by atoms with E-state index in [0.29, 0.717) is 19.5 Å². The molecule has 0 radical (unpaired) electrons. The Labute approximate surface area is 217 Å². The highest BCUT2D eigenvalue weighted by molar-refractivity contribution is 5.88. The van der Waals surface area contributed by atoms with E-state index in [2.05, 4.69) is 23.8 Å². The third-order valence-electron chi connectivity index (χ3n) is 7.04. The molecule has 0 unspecified atom stereocenters. The van der Waals surface area contributed by atoms with E-state index in [4.69, 9.17) is 14.7 Å². The molecule has 1 fully saturated rings. The lowest BCUT2D eigenvalue weighted by atomic mass is 10.1. The van der Waals surface area contributed by atoms with Gasteiger partial charge in [-0.15, -0.1) is 0 Å². The summed E-state index contributed by atoms with van der Waals surface area (Å²) in [7, 11) is 1.64. The number of carbonyl (C=O) groups excluding carboxylic acids is 1. The molecule has 0 aliphatic carbocycles. The zero-order valence-corrected chi connectivity index (χ0v) is 21.8. The zero-order chi connectivity index (χ0) is 25.8. The molecule has 2 aromatic heterocycles. The molecule has 0 N–H and O–H groups in total. The van der Waals surface area contributed by atoms with Crippen molar-refractivity contribution < 1.29 is 9.53 Å². The number of ether oxygens (including phenoxy) is 1. The van der Waals surface area contributed by atoms with Crippen LogP contribution in [0, 0.1) is 0 Å². The average Bonchev–Trinajstić information content (AvgIpc) is 3.38. The fourth-order valence-electron chi connectivity index (χ4n) is 4.89. The molecule has 3 heterocycles. The van der Waals surface area contributed by atoms with Crippen LogP contribution in [0.15, 0.2) is 60.8 Å². The molecule has 0 spiro atoms. The SMILES string of the molecule is CCC[C@@H](C)c1nc(N2CCN(C(=O)Cc3ccc(OC)cc3)CC2)c2cnn(-c3ccccc3)c2n1. The van der Waals surface area contributed by atoms with Crippen LogP contribution in [0.1, 0.15) is 44.0 Å². The van der Waals surface area contributed by atoms with Gasteiger partial charge in [0, 0.05) is 32.1 Å². The van der Waals surface area contributed by atoms with Gasteiger partial charge in [-0.1, -0.05) is 50.6 Å². The van der Waals surface area contributed by atoms with Gasteiger partial charge in [0.05, 0.1) is 30.8 Å². The maximum atomic E-state index is 13.0. The Bertz CT molecular complexity index is 1340. The van der Waals surface area contributed by atoms with Gasteiger partial charge in [-0.25, -0.2) is 14.6 Å². The van der Waals surface area contributed by atoms with Crippen molar-refractivity contribution in [3.8, 4) is 11.4 Å². The predicted molar refractivity (Wildman–Crippen MR) is 145 cm³/mol. The number of amides is 1. The smallest absolute Gasteiger partial charge is 0.227 e. The van der Waals surface area contributed by atoms with Crippen LogP contribution in [0.25, 0.3) is 16.7 Å². The Morgan fingerprint density at radius 3 is 2.41 bits per heavy atom. The minimum Gasteiger partial charge on any atom is -0.497 e. The second kappa shape index (κ2) is 11.0. The van der Waals surface area contributed by atoms with E-state index in [0.717, 1.165) is 65.6 Å². The third-order valence-corrected chi connectivity index (χ3v) is 7.04. The van der Waals surface area contributed by atoms with E-state index in [-0.39, 0.29) is 11.8 Å². The summed E-state index contributed by atoms with van der Waals surface area (Å²) in [6, 6.07) is 17.8. The Morgan fingerprint density at radius 1 is 1.00 bits per heavy atom. The number of rotatable bonds is 8. The Morgan fingerprint density at radius 2 is 1.73 bits per heavy atom. The molecule has 1 aliphatic rings. The minimum atomic E-state index is 0.145. The van der Waals surface area contributed by atoms with Crippen molar-refractivity contribution in [2.24, 2.45) is 0 Å². The van der Waals surface area contributed by atoms with Gasteiger partial charge in [0.2, 0.25) is 5.91 Å². The summed E-state index contributed by atoms with van der Waals surface area (Å²) in [5.74, 6) is 2.95. The molecule has 8 heteroatoms. The molecule has 0 bridgehead atoms. The summed E-state index contributed by atoms with van der Waals surface area (Å²) in [6.45, 7) is 7.14. The van der Waals surface area contributed by atoms with Gasteiger partial charge < -0.3 is 14.5 Å². The van der Waals surface area contributed by atoms with E-state index in [1.54, 1.807) is 7.11 Å². The zero-order valence-electron chi connectivity index (χ0n) is 21.8. The molecule has 4 aromatic rings. The highest BCUT2D eigenvalue weighted by Gasteiger charge is 2.26. The summed E-state index contributed by atoms with van der Waals surface area (Å²) < 4.78 is 7.12. The molecule has 8 nitrogen and oxygen atoms in total. The Balaban J connectivity index is 1.37. The van der Waals surface area contributed by atoms with Crippen molar-refractivity contribution >= 4 is 22.8 Å². The second-order valence-corrected chi connectivity index (χ2v) is 9.62. The van der Waals surface area contributed by atoms with Crippen LogP contribution in [0.5, 0.6) is 5.75 Å². The number of hydrogen-bond acceptors (Lipinski definition) is 6. The molecule has 2 aromatic carbocycles. The first-order valence-corrected chi connectivity index (χ1v) is 13.0. The molecule has 1 atom stereocenters. The summed E-state index contributed by atoms with van der Waals surface area (Å²) in [4.78, 5) is 27.2. The molecule has 1 amide bonds. The predicted octanol–water partition coefficient (Wildman–Crippen LogP) is 4.62. The van der Waals surface area contributed by atoms with Gasteiger partial charge in [0.1, 0.15) is 17.4 Å². The van der Waals surface area contributed by atoms with Crippen molar-refractivity contribution in [3.63, 3.8) is 0 Å². The van der Waals surface area contributed by atoms with Crippen LogP contribution >= 0.6 is 0 Å². The van der Waals surface area contributed by atoms with Gasteiger partial charge in [0.25, 0.3) is 0 Å². The first-order chi connectivity index (χ1) is 18.1. The van der Waals surface area contributed by atoms with E-state index < -0.39 is 0 Å². The van der Waals surface area contributed by atoms with Crippen LogP contribution < -0.4 is 9.64 Å². The minimum absolute atomic E-state index is 0.145. The molecule has 192 valence electrons. The second-order valence-electron chi connectivity index (χ2n) is 9.62. The molecule has 1 saturated heterocycles. The Hall–Kier alpha value is -3.94. The van der Waals surface area contributed by atoms with Crippen LogP contribution in [0.4, 0.5) is 5.82 Å². The lowest BCUT2D eigenvalue weighted by molar-refractivity contribution is -0.130. The lowest BCUT2D eigenvalue weighted by Gasteiger charge is -2.36. The molecular weight excluding hydrogens is 464 g/mol. The van der Waals surface area contributed by atoms with Crippen molar-refractivity contribution in [2.45, 2.75) is 39.0 Å². The van der Waals surface area contributed by atoms with Gasteiger partial charge in [0.15, 0.2) is 5.65 Å². The molecule has 5 rings (SSSR count). The summed E-state index contributed by atoms with van der Waals surface area (Å²) in [5.41, 5.74) is 2.80. The standard InChI is InChI=1S/C29H34N6O2/c1-4-8-21(2)27-31-28(25-20-30-35(29(25)32-27)23-9-6-5-7-10-23)34-17-15-33(16-18-34)26(36)19-22-11-13-24(37-3)14-12-22/h5-7,9-14,20-21H,4,8,15-19H2,1-3H3/t21-/m1/s1. The van der Waals surface area contributed by atoms with Crippen LogP contribution in [-0.4, -0.2) is 63.8 Å². The fourth-order valence-corrected chi connectivity index (χ4v) is 4.89. The highest BCUT2D eigenvalue weighted by Crippen LogP contribution is 2.29. The monoisotopic (exact) mass is 498 g/mol. The molecule has 0 saturated carbocycles. The molecule has 1 aliphatic heterocycles. The molecule has 37 heavy (non-hydrogen) atoms. The van der Waals surface area contributed by atoms with Gasteiger partial charge in [-0.2, -0.15) is 5.10 Å². The molecular formula is C29H34N6O2. The number of hydrogen-bond donors (Lipinski definition) is 0. The van der Waals surface area contributed by atoms with E-state index in [1.165, 1.54) is 0 Å². The van der Waals surface area contributed by atoms with E-state index in [9.17, 15) is 4.79 Å². The van der Waals surface area contributed by atoms with Crippen molar-refractivity contribution in [3.05, 3.63) is 72.2 Å². The number of aromatic nitrogens is 4. The quantitative estimate of drug-likeness (QED) is 0.353. The van der Waals surface area contributed by atoms with Gasteiger partial charge in [-0.3, -0.25) is 4.79 Å². The van der Waals surface area contributed by atoms with Gasteiger partial charge >= 0.3 is 0 Å². The maximum absolute atomic E-state index is 13.0. The topological polar surface area (TPSA) is 76.4 Å². The number of fused-ring (bicyclic) bond motifs is 1. The third kappa shape index (κ3) is 5.28. The van der Waals surface area contributed by atoms with Crippen LogP contribution in [0.3, 0.4) is 0 Å². The van der Waals surface area contributed by atoms with Gasteiger partial charge in [-0.05, 0) is 36.2 Å². The number of piperazine rings is 1. The highest BCUT2D eigenvalue weighted by atomic mass is 16.5. The maximum Gasteiger partial charge on any atom is 0.227 e. The number of anilines is 1. The largest absolute Gasteiger partial charge is 0.497 e. The van der Waals surface area contributed by atoms with Crippen LogP contribution in [0.2, 0.25) is 0 Å². The van der Waals surface area contributed by atoms with E-state index >= 15 is 0 Å². The Kier molecular flexibility index (Phi) is 7.35. The van der Waals surface area contributed by atoms with Crippen molar-refractivity contribution in [2.75, 3.05) is 38.2 Å². The summed E-state index contributed by atoms with van der Waals surface area (Å²) in [5, 5.41) is 5.62. The number of methoxy groups -OCH3 is 1.